The summed E-state index contributed by atoms with van der Waals surface area (Å²) in [4.78, 5) is 9.45. The highest BCUT2D eigenvalue weighted by atomic mass is 127. The Balaban J connectivity index is 0.00000480. The van der Waals surface area contributed by atoms with E-state index in [1.54, 1.807) is 0 Å². The van der Waals surface area contributed by atoms with Crippen molar-refractivity contribution >= 4 is 29.9 Å². The average molecular weight is 548 g/mol. The average Bonchev–Trinajstić information content (AvgIpc) is 2.77. The number of hydrogen-bond acceptors (Lipinski definition) is 5. The van der Waals surface area contributed by atoms with Crippen LogP contribution in [0.4, 0.5) is 0 Å². The van der Waals surface area contributed by atoms with Crippen LogP contribution in [0.25, 0.3) is 0 Å². The lowest BCUT2D eigenvalue weighted by Gasteiger charge is -2.37. The van der Waals surface area contributed by atoms with Gasteiger partial charge in [-0.3, -0.25) is 9.89 Å². The molecule has 1 aromatic rings. The Kier molecular flexibility index (Phi) is 14.1. The van der Waals surface area contributed by atoms with Gasteiger partial charge in [-0.2, -0.15) is 0 Å². The SMILES string of the molecule is CCOCCOc1cc(C)ccc1CNC(=NC)NCC(C)N1CCN(CC)CC1.I. The number of ether oxygens (including phenoxy) is 2. The lowest BCUT2D eigenvalue weighted by molar-refractivity contribution is 0.107. The molecule has 31 heavy (non-hydrogen) atoms. The normalized spacial score (nSPS) is 16.5. The van der Waals surface area contributed by atoms with Gasteiger partial charge in [0.25, 0.3) is 0 Å². The van der Waals surface area contributed by atoms with Crippen LogP contribution in [0.15, 0.2) is 23.2 Å². The third kappa shape index (κ3) is 9.93. The Bertz CT molecular complexity index is 651. The van der Waals surface area contributed by atoms with E-state index in [1.807, 2.05) is 14.0 Å². The highest BCUT2D eigenvalue weighted by Crippen LogP contribution is 2.20. The van der Waals surface area contributed by atoms with Gasteiger partial charge < -0.3 is 25.0 Å². The maximum atomic E-state index is 5.95. The van der Waals surface area contributed by atoms with E-state index in [9.17, 15) is 0 Å². The molecule has 8 heteroatoms. The molecule has 1 aliphatic rings. The second kappa shape index (κ2) is 15.7. The Morgan fingerprint density at radius 2 is 1.87 bits per heavy atom. The van der Waals surface area contributed by atoms with Crippen LogP contribution < -0.4 is 15.4 Å². The standard InChI is InChI=1S/C23H41N5O2.HI/c1-6-27-10-12-28(13-11-27)20(4)17-25-23(24-5)26-18-21-9-8-19(3)16-22(21)30-15-14-29-7-2;/h8-9,16,20H,6-7,10-15,17-18H2,1-5H3,(H2,24,25,26);1H. The van der Waals surface area contributed by atoms with E-state index in [0.29, 0.717) is 32.4 Å². The summed E-state index contributed by atoms with van der Waals surface area (Å²) in [5.41, 5.74) is 2.30. The van der Waals surface area contributed by atoms with Crippen molar-refractivity contribution in [3.63, 3.8) is 0 Å². The zero-order chi connectivity index (χ0) is 21.8. The molecule has 0 saturated carbocycles. The Morgan fingerprint density at radius 3 is 2.52 bits per heavy atom. The van der Waals surface area contributed by atoms with E-state index in [2.05, 4.69) is 64.4 Å². The molecule has 1 aliphatic heterocycles. The van der Waals surface area contributed by atoms with E-state index in [0.717, 1.165) is 56.5 Å². The third-order valence-corrected chi connectivity index (χ3v) is 5.62. The number of aliphatic imine (C=N–C) groups is 1. The molecule has 1 heterocycles. The number of rotatable bonds is 11. The number of aryl methyl sites for hydroxylation is 1. The number of guanidine groups is 1. The van der Waals surface area contributed by atoms with Gasteiger partial charge in [0.05, 0.1) is 6.61 Å². The van der Waals surface area contributed by atoms with Gasteiger partial charge in [-0.05, 0) is 38.9 Å². The van der Waals surface area contributed by atoms with Gasteiger partial charge in [-0.1, -0.05) is 19.1 Å². The number of benzene rings is 1. The van der Waals surface area contributed by atoms with Crippen molar-refractivity contribution in [2.24, 2.45) is 4.99 Å². The molecule has 1 unspecified atom stereocenters. The molecule has 178 valence electrons. The monoisotopic (exact) mass is 547 g/mol. The fourth-order valence-electron chi connectivity index (χ4n) is 3.59. The summed E-state index contributed by atoms with van der Waals surface area (Å²) in [5.74, 6) is 1.72. The van der Waals surface area contributed by atoms with Gasteiger partial charge in [-0.15, -0.1) is 24.0 Å². The summed E-state index contributed by atoms with van der Waals surface area (Å²) >= 11 is 0. The van der Waals surface area contributed by atoms with Crippen LogP contribution in [0.1, 0.15) is 31.9 Å². The molecule has 2 rings (SSSR count). The molecule has 7 nitrogen and oxygen atoms in total. The number of nitrogens with zero attached hydrogens (tertiary/aromatic N) is 3. The van der Waals surface area contributed by atoms with Gasteiger partial charge in [0.15, 0.2) is 5.96 Å². The minimum Gasteiger partial charge on any atom is -0.491 e. The summed E-state index contributed by atoms with van der Waals surface area (Å²) in [7, 11) is 1.81. The van der Waals surface area contributed by atoms with Gasteiger partial charge in [-0.25, -0.2) is 0 Å². The van der Waals surface area contributed by atoms with E-state index in [1.165, 1.54) is 5.56 Å². The summed E-state index contributed by atoms with van der Waals surface area (Å²) in [6.07, 6.45) is 0. The lowest BCUT2D eigenvalue weighted by atomic mass is 10.1. The van der Waals surface area contributed by atoms with Crippen molar-refractivity contribution in [2.75, 3.05) is 66.1 Å². The van der Waals surface area contributed by atoms with Gasteiger partial charge >= 0.3 is 0 Å². The molecule has 1 saturated heterocycles. The lowest BCUT2D eigenvalue weighted by Crippen LogP contribution is -2.53. The summed E-state index contributed by atoms with van der Waals surface area (Å²) in [5, 5.41) is 6.90. The highest BCUT2D eigenvalue weighted by Gasteiger charge is 2.20. The van der Waals surface area contributed by atoms with Crippen LogP contribution in [0.5, 0.6) is 5.75 Å². The van der Waals surface area contributed by atoms with E-state index in [-0.39, 0.29) is 24.0 Å². The fraction of sp³-hybridized carbons (Fsp3) is 0.696. The summed E-state index contributed by atoms with van der Waals surface area (Å²) in [6.45, 7) is 17.7. The maximum absolute atomic E-state index is 5.95. The van der Waals surface area contributed by atoms with Crippen molar-refractivity contribution < 1.29 is 9.47 Å². The van der Waals surface area contributed by atoms with Crippen LogP contribution >= 0.6 is 24.0 Å². The third-order valence-electron chi connectivity index (χ3n) is 5.62. The van der Waals surface area contributed by atoms with Crippen LogP contribution in [0, 0.1) is 6.92 Å². The quantitative estimate of drug-likeness (QED) is 0.192. The van der Waals surface area contributed by atoms with E-state index < -0.39 is 0 Å². The number of nitrogens with one attached hydrogen (secondary N) is 2. The molecule has 2 N–H and O–H groups in total. The highest BCUT2D eigenvalue weighted by molar-refractivity contribution is 14.0. The second-order valence-corrected chi connectivity index (χ2v) is 7.78. The molecule has 0 radical (unpaired) electrons. The largest absolute Gasteiger partial charge is 0.491 e. The molecule has 0 aromatic heterocycles. The van der Waals surface area contributed by atoms with Gasteiger partial charge in [0, 0.05) is 64.5 Å². The molecular weight excluding hydrogens is 505 g/mol. The molecule has 0 spiro atoms. The van der Waals surface area contributed by atoms with Crippen LogP contribution in [0.2, 0.25) is 0 Å². The van der Waals surface area contributed by atoms with Crippen molar-refractivity contribution in [3.8, 4) is 5.75 Å². The Hall–Kier alpha value is -1.10. The topological polar surface area (TPSA) is 61.4 Å². The molecule has 1 aromatic carbocycles. The van der Waals surface area contributed by atoms with Crippen molar-refractivity contribution in [1.82, 2.24) is 20.4 Å². The minimum atomic E-state index is 0. The number of piperazine rings is 1. The summed E-state index contributed by atoms with van der Waals surface area (Å²) in [6, 6.07) is 6.78. The van der Waals surface area contributed by atoms with Crippen LogP contribution in [-0.4, -0.2) is 87.9 Å². The second-order valence-electron chi connectivity index (χ2n) is 7.78. The predicted octanol–water partition coefficient (Wildman–Crippen LogP) is 2.72. The smallest absolute Gasteiger partial charge is 0.191 e. The molecule has 1 atom stereocenters. The zero-order valence-electron chi connectivity index (χ0n) is 19.9. The molecular formula is C23H42IN5O2. The first-order chi connectivity index (χ1) is 14.6. The van der Waals surface area contributed by atoms with E-state index in [4.69, 9.17) is 9.47 Å². The zero-order valence-corrected chi connectivity index (χ0v) is 22.3. The first-order valence-corrected chi connectivity index (χ1v) is 11.3. The molecule has 1 fully saturated rings. The van der Waals surface area contributed by atoms with Gasteiger partial charge in [0.2, 0.25) is 0 Å². The number of hydrogen-bond donors (Lipinski definition) is 2. The first-order valence-electron chi connectivity index (χ1n) is 11.3. The molecule has 0 aliphatic carbocycles. The first kappa shape index (κ1) is 27.9. The Labute approximate surface area is 206 Å². The van der Waals surface area contributed by atoms with Crippen molar-refractivity contribution in [1.29, 1.82) is 0 Å². The summed E-state index contributed by atoms with van der Waals surface area (Å²) < 4.78 is 11.3. The predicted molar refractivity (Wildman–Crippen MR) is 140 cm³/mol. The number of likely N-dealkylation sites (N-methyl/N-ethyl adjacent to an activating group) is 1. The number of halogens is 1. The minimum absolute atomic E-state index is 0. The fourth-order valence-corrected chi connectivity index (χ4v) is 3.59. The van der Waals surface area contributed by atoms with Crippen molar-refractivity contribution in [2.45, 2.75) is 40.3 Å². The van der Waals surface area contributed by atoms with Crippen LogP contribution in [-0.2, 0) is 11.3 Å². The van der Waals surface area contributed by atoms with Gasteiger partial charge in [0.1, 0.15) is 12.4 Å². The van der Waals surface area contributed by atoms with Crippen molar-refractivity contribution in [3.05, 3.63) is 29.3 Å². The Morgan fingerprint density at radius 1 is 1.13 bits per heavy atom. The van der Waals surface area contributed by atoms with Crippen LogP contribution in [0.3, 0.4) is 0 Å². The van der Waals surface area contributed by atoms with E-state index >= 15 is 0 Å². The molecule has 0 bridgehead atoms. The maximum Gasteiger partial charge on any atom is 0.191 e. The molecule has 0 amide bonds.